The predicted octanol–water partition coefficient (Wildman–Crippen LogP) is 2.51. The summed E-state index contributed by atoms with van der Waals surface area (Å²) in [5.41, 5.74) is 4.03. The Morgan fingerprint density at radius 3 is 2.68 bits per heavy atom. The lowest BCUT2D eigenvalue weighted by molar-refractivity contribution is 0.0398. The van der Waals surface area contributed by atoms with E-state index in [1.54, 1.807) is 17.8 Å². The average Bonchev–Trinajstić information content (AvgIpc) is 3.70. The number of H-pyrrole nitrogens is 1. The number of aromatic amines is 1. The van der Waals surface area contributed by atoms with Crippen LogP contribution in [-0.2, 0) is 9.47 Å². The highest BCUT2D eigenvalue weighted by atomic mass is 32.1. The number of oxazole rings is 1. The van der Waals surface area contributed by atoms with Gasteiger partial charge >= 0.3 is 0 Å². The lowest BCUT2D eigenvalue weighted by atomic mass is 10.2. The Bertz CT molecular complexity index is 1340. The summed E-state index contributed by atoms with van der Waals surface area (Å²) in [5, 5.41) is 15.5. The van der Waals surface area contributed by atoms with E-state index in [2.05, 4.69) is 40.6 Å². The number of fused-ring (bicyclic) bond motifs is 1. The Morgan fingerprint density at radius 2 is 1.89 bits per heavy atom. The van der Waals surface area contributed by atoms with Crippen LogP contribution < -0.4 is 15.5 Å². The maximum Gasteiger partial charge on any atom is 0.295 e. The van der Waals surface area contributed by atoms with Crippen molar-refractivity contribution in [1.29, 1.82) is 0 Å². The van der Waals surface area contributed by atoms with Crippen molar-refractivity contribution in [2.24, 2.45) is 0 Å². The van der Waals surface area contributed by atoms with Crippen molar-refractivity contribution < 1.29 is 18.7 Å². The molecule has 4 aromatic rings. The normalized spacial score (nSPS) is 16.8. The van der Waals surface area contributed by atoms with Gasteiger partial charge in [0.1, 0.15) is 16.2 Å². The number of carbonyl (C=O) groups is 1. The highest BCUT2D eigenvalue weighted by Gasteiger charge is 2.21. The number of nitrogens with one attached hydrogen (secondary N) is 3. The third-order valence-electron chi connectivity index (χ3n) is 6.40. The third kappa shape index (κ3) is 5.44. The van der Waals surface area contributed by atoms with Crippen LogP contribution in [0, 0.1) is 0 Å². The molecule has 3 N–H and O–H groups in total. The number of anilines is 3. The van der Waals surface area contributed by atoms with Crippen molar-refractivity contribution in [3.8, 4) is 10.6 Å². The summed E-state index contributed by atoms with van der Waals surface area (Å²) in [6, 6.07) is 4.26. The van der Waals surface area contributed by atoms with Gasteiger partial charge in [-0.1, -0.05) is 0 Å². The molecule has 0 saturated carbocycles. The van der Waals surface area contributed by atoms with Gasteiger partial charge in [-0.15, -0.1) is 11.3 Å². The largest absolute Gasteiger partial charge is 0.423 e. The van der Waals surface area contributed by atoms with E-state index in [-0.39, 0.29) is 5.91 Å². The van der Waals surface area contributed by atoms with E-state index >= 15 is 0 Å². The van der Waals surface area contributed by atoms with Crippen LogP contribution in [0.5, 0.6) is 0 Å². The van der Waals surface area contributed by atoms with Gasteiger partial charge < -0.3 is 29.4 Å². The second kappa shape index (κ2) is 10.8. The Hall–Kier alpha value is -3.52. The number of morpholine rings is 2. The molecule has 37 heavy (non-hydrogen) atoms. The van der Waals surface area contributed by atoms with Gasteiger partial charge in [-0.25, -0.2) is 4.98 Å². The molecule has 0 spiro atoms. The number of carbonyl (C=O) groups excluding carboxylic acids is 1. The summed E-state index contributed by atoms with van der Waals surface area (Å²) < 4.78 is 16.9. The summed E-state index contributed by atoms with van der Waals surface area (Å²) in [7, 11) is 0. The molecule has 2 aliphatic rings. The van der Waals surface area contributed by atoms with Crippen LogP contribution in [-0.4, -0.2) is 96.7 Å². The Kier molecular flexibility index (Phi) is 6.99. The smallest absolute Gasteiger partial charge is 0.295 e. The molecule has 0 bridgehead atoms. The number of hydrogen-bond acceptors (Lipinski definition) is 11. The molecular weight excluding hydrogens is 496 g/mol. The first kappa shape index (κ1) is 23.9. The van der Waals surface area contributed by atoms with Gasteiger partial charge in [0.25, 0.3) is 11.9 Å². The molecule has 2 aliphatic heterocycles. The molecule has 2 saturated heterocycles. The minimum absolute atomic E-state index is 0.289. The quantitative estimate of drug-likeness (QED) is 0.316. The van der Waals surface area contributed by atoms with Crippen LogP contribution >= 0.6 is 11.3 Å². The Labute approximate surface area is 217 Å². The fourth-order valence-electron chi connectivity index (χ4n) is 4.42. The van der Waals surface area contributed by atoms with Gasteiger partial charge in [-0.2, -0.15) is 10.1 Å². The summed E-state index contributed by atoms with van der Waals surface area (Å²) in [5.74, 6) is -0.289. The minimum Gasteiger partial charge on any atom is -0.423 e. The predicted molar refractivity (Wildman–Crippen MR) is 140 cm³/mol. The van der Waals surface area contributed by atoms with E-state index in [9.17, 15) is 4.79 Å². The molecule has 0 atom stereocenters. The lowest BCUT2D eigenvalue weighted by Crippen LogP contribution is -2.39. The molecule has 12 nitrogen and oxygen atoms in total. The summed E-state index contributed by atoms with van der Waals surface area (Å²) in [4.78, 5) is 26.8. The molecule has 0 unspecified atom stereocenters. The fourth-order valence-corrected chi connectivity index (χ4v) is 5.20. The van der Waals surface area contributed by atoms with Crippen LogP contribution in [0.3, 0.4) is 0 Å². The molecule has 194 valence electrons. The molecule has 6 rings (SSSR count). The summed E-state index contributed by atoms with van der Waals surface area (Å²) in [6.45, 7) is 7.70. The van der Waals surface area contributed by atoms with Crippen molar-refractivity contribution in [3.05, 3.63) is 35.6 Å². The molecule has 5 heterocycles. The van der Waals surface area contributed by atoms with Crippen molar-refractivity contribution in [2.75, 3.05) is 81.2 Å². The number of rotatable bonds is 8. The number of benzene rings is 1. The first-order valence-corrected chi connectivity index (χ1v) is 13.2. The van der Waals surface area contributed by atoms with E-state index in [0.717, 1.165) is 74.3 Å². The minimum atomic E-state index is -0.289. The first-order valence-electron chi connectivity index (χ1n) is 12.3. The maximum atomic E-state index is 13.2. The third-order valence-corrected chi connectivity index (χ3v) is 7.29. The maximum absolute atomic E-state index is 13.2. The SMILES string of the molecule is O=C(Nc1cc2oc(NCCN3CCOCC3)nc2cc1N1CCOCC1)c1csc(-c2cn[nH]c2)n1. The van der Waals surface area contributed by atoms with Crippen LogP contribution in [0.15, 0.2) is 34.3 Å². The number of amides is 1. The van der Waals surface area contributed by atoms with Gasteiger partial charge in [-0.3, -0.25) is 14.8 Å². The topological polar surface area (TPSA) is 134 Å². The zero-order valence-corrected chi connectivity index (χ0v) is 21.1. The first-order chi connectivity index (χ1) is 18.2. The molecular formula is C24H28N8O4S. The Balaban J connectivity index is 1.22. The van der Waals surface area contributed by atoms with Crippen LogP contribution in [0.4, 0.5) is 17.4 Å². The molecule has 0 radical (unpaired) electrons. The molecule has 1 aromatic carbocycles. The van der Waals surface area contributed by atoms with Crippen molar-refractivity contribution in [3.63, 3.8) is 0 Å². The molecule has 0 aliphatic carbocycles. The van der Waals surface area contributed by atoms with Crippen LogP contribution in [0.25, 0.3) is 21.7 Å². The summed E-state index contributed by atoms with van der Waals surface area (Å²) in [6.07, 6.45) is 3.43. The molecule has 1 amide bonds. The Morgan fingerprint density at radius 1 is 1.08 bits per heavy atom. The van der Waals surface area contributed by atoms with Crippen molar-refractivity contribution in [2.45, 2.75) is 0 Å². The second-order valence-electron chi connectivity index (χ2n) is 8.82. The number of hydrogen-bond donors (Lipinski definition) is 3. The van der Waals surface area contributed by atoms with Gasteiger partial charge in [0, 0.05) is 62.5 Å². The van der Waals surface area contributed by atoms with Crippen molar-refractivity contribution >= 4 is 45.7 Å². The number of thiazole rings is 1. The average molecular weight is 525 g/mol. The standard InChI is InChI=1S/C24H28N8O4S/c33-22(19-15-37-23(29-19)16-13-26-27-14-16)28-17-12-21-18(11-20(17)32-5-9-35-10-6-32)30-24(36-21)25-1-2-31-3-7-34-8-4-31/h11-15H,1-10H2,(H,25,30)(H,26,27)(H,28,33). The zero-order valence-electron chi connectivity index (χ0n) is 20.2. The van der Waals surface area contributed by atoms with E-state index in [0.29, 0.717) is 36.2 Å². The lowest BCUT2D eigenvalue weighted by Gasteiger charge is -2.30. The van der Waals surface area contributed by atoms with Gasteiger partial charge in [0.05, 0.1) is 44.0 Å². The number of aromatic nitrogens is 4. The van der Waals surface area contributed by atoms with Gasteiger partial charge in [-0.05, 0) is 6.07 Å². The van der Waals surface area contributed by atoms with E-state index in [1.807, 2.05) is 12.1 Å². The fraction of sp³-hybridized carbons (Fsp3) is 0.417. The van der Waals surface area contributed by atoms with Crippen LogP contribution in [0.2, 0.25) is 0 Å². The van der Waals surface area contributed by atoms with E-state index in [4.69, 9.17) is 13.9 Å². The zero-order chi connectivity index (χ0) is 25.0. The highest BCUT2D eigenvalue weighted by molar-refractivity contribution is 7.13. The van der Waals surface area contributed by atoms with Gasteiger partial charge in [0.15, 0.2) is 5.58 Å². The van der Waals surface area contributed by atoms with E-state index in [1.165, 1.54) is 11.3 Å². The monoisotopic (exact) mass is 524 g/mol. The molecule has 3 aromatic heterocycles. The highest BCUT2D eigenvalue weighted by Crippen LogP contribution is 2.34. The van der Waals surface area contributed by atoms with Crippen LogP contribution in [0.1, 0.15) is 10.5 Å². The number of ether oxygens (including phenoxy) is 2. The summed E-state index contributed by atoms with van der Waals surface area (Å²) >= 11 is 1.40. The second-order valence-corrected chi connectivity index (χ2v) is 9.67. The molecule has 2 fully saturated rings. The van der Waals surface area contributed by atoms with E-state index < -0.39 is 0 Å². The van der Waals surface area contributed by atoms with Gasteiger partial charge in [0.2, 0.25) is 0 Å². The number of nitrogens with zero attached hydrogens (tertiary/aromatic N) is 5. The molecule has 13 heteroatoms. The van der Waals surface area contributed by atoms with Crippen molar-refractivity contribution in [1.82, 2.24) is 25.1 Å².